The first-order valence-electron chi connectivity index (χ1n) is 5.60. The standard InChI is InChI=1S/C12H20N4/c1-5-9(14)11(12(2,3)4)16-7-6-15-10(16)8-13/h6-7,9,11H,5,14H2,1-4H3. The lowest BCUT2D eigenvalue weighted by Gasteiger charge is -2.36. The molecule has 0 radical (unpaired) electrons. The predicted octanol–water partition coefficient (Wildman–Crippen LogP) is 2.08. The fraction of sp³-hybridized carbons (Fsp3) is 0.667. The summed E-state index contributed by atoms with van der Waals surface area (Å²) in [6.45, 7) is 8.46. The van der Waals surface area contributed by atoms with Gasteiger partial charge >= 0.3 is 0 Å². The van der Waals surface area contributed by atoms with Crippen molar-refractivity contribution in [2.45, 2.75) is 46.2 Å². The van der Waals surface area contributed by atoms with Crippen LogP contribution in [0.25, 0.3) is 0 Å². The summed E-state index contributed by atoms with van der Waals surface area (Å²) in [5, 5.41) is 9.00. The van der Waals surface area contributed by atoms with E-state index in [0.717, 1.165) is 6.42 Å². The summed E-state index contributed by atoms with van der Waals surface area (Å²) in [4.78, 5) is 4.03. The number of imidazole rings is 1. The molecular weight excluding hydrogens is 200 g/mol. The van der Waals surface area contributed by atoms with Crippen LogP contribution in [0.5, 0.6) is 0 Å². The molecule has 2 atom stereocenters. The quantitative estimate of drug-likeness (QED) is 0.848. The molecule has 0 aromatic carbocycles. The summed E-state index contributed by atoms with van der Waals surface area (Å²) in [6.07, 6.45) is 4.37. The maximum absolute atomic E-state index is 9.00. The van der Waals surface area contributed by atoms with Gasteiger partial charge < -0.3 is 10.3 Å². The summed E-state index contributed by atoms with van der Waals surface area (Å²) in [6, 6.07) is 2.22. The monoisotopic (exact) mass is 220 g/mol. The maximum Gasteiger partial charge on any atom is 0.213 e. The third-order valence-corrected chi connectivity index (χ3v) is 2.83. The molecule has 0 aliphatic carbocycles. The van der Waals surface area contributed by atoms with E-state index in [2.05, 4.69) is 38.7 Å². The zero-order chi connectivity index (χ0) is 12.3. The van der Waals surface area contributed by atoms with Gasteiger partial charge in [0, 0.05) is 18.4 Å². The Labute approximate surface area is 97.1 Å². The lowest BCUT2D eigenvalue weighted by molar-refractivity contribution is 0.200. The number of nitriles is 1. The Hall–Kier alpha value is -1.34. The molecule has 2 N–H and O–H groups in total. The molecule has 16 heavy (non-hydrogen) atoms. The maximum atomic E-state index is 9.00. The Morgan fingerprint density at radius 2 is 2.19 bits per heavy atom. The molecule has 0 saturated heterocycles. The molecule has 4 heteroatoms. The molecule has 2 unspecified atom stereocenters. The normalized spacial score (nSPS) is 15.5. The number of hydrogen-bond acceptors (Lipinski definition) is 3. The van der Waals surface area contributed by atoms with Crippen LogP contribution in [-0.2, 0) is 0 Å². The van der Waals surface area contributed by atoms with Crippen LogP contribution in [0.4, 0.5) is 0 Å². The average molecular weight is 220 g/mol. The minimum Gasteiger partial charge on any atom is -0.326 e. The van der Waals surface area contributed by atoms with Gasteiger partial charge in [-0.3, -0.25) is 0 Å². The third kappa shape index (κ3) is 2.42. The van der Waals surface area contributed by atoms with E-state index in [-0.39, 0.29) is 17.5 Å². The number of hydrogen-bond donors (Lipinski definition) is 1. The number of aromatic nitrogens is 2. The van der Waals surface area contributed by atoms with Crippen molar-refractivity contribution >= 4 is 0 Å². The van der Waals surface area contributed by atoms with E-state index in [0.29, 0.717) is 5.82 Å². The highest BCUT2D eigenvalue weighted by Crippen LogP contribution is 2.34. The first-order valence-corrected chi connectivity index (χ1v) is 5.60. The van der Waals surface area contributed by atoms with Crippen LogP contribution in [-0.4, -0.2) is 15.6 Å². The summed E-state index contributed by atoms with van der Waals surface area (Å²) in [7, 11) is 0. The van der Waals surface area contributed by atoms with Crippen molar-refractivity contribution in [3.63, 3.8) is 0 Å². The van der Waals surface area contributed by atoms with Crippen LogP contribution < -0.4 is 5.73 Å². The van der Waals surface area contributed by atoms with E-state index in [9.17, 15) is 0 Å². The van der Waals surface area contributed by atoms with Gasteiger partial charge in [0.15, 0.2) is 0 Å². The fourth-order valence-electron chi connectivity index (χ4n) is 2.11. The van der Waals surface area contributed by atoms with E-state index in [4.69, 9.17) is 11.0 Å². The predicted molar refractivity (Wildman–Crippen MR) is 63.7 cm³/mol. The van der Waals surface area contributed by atoms with Gasteiger partial charge in [0.05, 0.1) is 6.04 Å². The molecule has 0 bridgehead atoms. The minimum absolute atomic E-state index is 0.00171. The van der Waals surface area contributed by atoms with Crippen molar-refractivity contribution in [2.24, 2.45) is 11.1 Å². The van der Waals surface area contributed by atoms with Crippen LogP contribution in [0.15, 0.2) is 12.4 Å². The second-order valence-electron chi connectivity index (χ2n) is 5.15. The van der Waals surface area contributed by atoms with Gasteiger partial charge in [0.2, 0.25) is 5.82 Å². The Morgan fingerprint density at radius 1 is 1.56 bits per heavy atom. The second kappa shape index (κ2) is 4.67. The molecule has 0 aliphatic heterocycles. The average Bonchev–Trinajstić information content (AvgIpc) is 2.63. The lowest BCUT2D eigenvalue weighted by Crippen LogP contribution is -2.40. The van der Waals surface area contributed by atoms with Crippen LogP contribution in [0, 0.1) is 16.7 Å². The molecule has 0 spiro atoms. The lowest BCUT2D eigenvalue weighted by atomic mass is 9.81. The summed E-state index contributed by atoms with van der Waals surface area (Å²) in [5.74, 6) is 0.434. The van der Waals surface area contributed by atoms with Crippen molar-refractivity contribution in [1.29, 1.82) is 5.26 Å². The van der Waals surface area contributed by atoms with Gasteiger partial charge in [0.1, 0.15) is 6.07 Å². The molecule has 1 heterocycles. The van der Waals surface area contributed by atoms with Crippen LogP contribution in [0.2, 0.25) is 0 Å². The molecule has 0 amide bonds. The number of nitrogens with two attached hydrogens (primary N) is 1. The van der Waals surface area contributed by atoms with Crippen molar-refractivity contribution in [3.8, 4) is 6.07 Å². The molecule has 1 aromatic heterocycles. The zero-order valence-corrected chi connectivity index (χ0v) is 10.4. The highest BCUT2D eigenvalue weighted by atomic mass is 15.1. The van der Waals surface area contributed by atoms with Crippen LogP contribution in [0.1, 0.15) is 46.0 Å². The van der Waals surface area contributed by atoms with E-state index >= 15 is 0 Å². The smallest absolute Gasteiger partial charge is 0.213 e. The van der Waals surface area contributed by atoms with Crippen LogP contribution in [0.3, 0.4) is 0 Å². The Morgan fingerprint density at radius 3 is 2.62 bits per heavy atom. The Kier molecular flexibility index (Phi) is 3.71. The molecule has 1 aromatic rings. The van der Waals surface area contributed by atoms with Crippen molar-refractivity contribution < 1.29 is 0 Å². The van der Waals surface area contributed by atoms with E-state index < -0.39 is 0 Å². The largest absolute Gasteiger partial charge is 0.326 e. The SMILES string of the molecule is CCC(N)C(n1ccnc1C#N)C(C)(C)C. The Balaban J connectivity index is 3.18. The highest BCUT2D eigenvalue weighted by Gasteiger charge is 2.32. The highest BCUT2D eigenvalue weighted by molar-refractivity contribution is 5.14. The van der Waals surface area contributed by atoms with Gasteiger partial charge in [-0.1, -0.05) is 27.7 Å². The summed E-state index contributed by atoms with van der Waals surface area (Å²) < 4.78 is 1.90. The molecular formula is C12H20N4. The fourth-order valence-corrected chi connectivity index (χ4v) is 2.11. The summed E-state index contributed by atoms with van der Waals surface area (Å²) in [5.41, 5.74) is 6.16. The van der Waals surface area contributed by atoms with E-state index in [1.165, 1.54) is 0 Å². The topological polar surface area (TPSA) is 67.6 Å². The van der Waals surface area contributed by atoms with Crippen molar-refractivity contribution in [1.82, 2.24) is 9.55 Å². The first-order chi connectivity index (χ1) is 7.41. The second-order valence-corrected chi connectivity index (χ2v) is 5.15. The van der Waals surface area contributed by atoms with Gasteiger partial charge in [-0.25, -0.2) is 4.98 Å². The van der Waals surface area contributed by atoms with E-state index in [1.807, 2.05) is 10.8 Å². The van der Waals surface area contributed by atoms with Gasteiger partial charge in [-0.15, -0.1) is 0 Å². The van der Waals surface area contributed by atoms with Gasteiger partial charge in [-0.2, -0.15) is 5.26 Å². The Bertz CT molecular complexity index is 380. The first kappa shape index (κ1) is 12.7. The van der Waals surface area contributed by atoms with Crippen molar-refractivity contribution in [2.75, 3.05) is 0 Å². The molecule has 4 nitrogen and oxygen atoms in total. The number of nitrogens with zero attached hydrogens (tertiary/aromatic N) is 3. The van der Waals surface area contributed by atoms with E-state index in [1.54, 1.807) is 6.20 Å². The minimum atomic E-state index is 0.00171. The van der Waals surface area contributed by atoms with Crippen molar-refractivity contribution in [3.05, 3.63) is 18.2 Å². The molecule has 0 fully saturated rings. The summed E-state index contributed by atoms with van der Waals surface area (Å²) >= 11 is 0. The zero-order valence-electron chi connectivity index (χ0n) is 10.4. The third-order valence-electron chi connectivity index (χ3n) is 2.83. The van der Waals surface area contributed by atoms with Gasteiger partial charge in [-0.05, 0) is 11.8 Å². The van der Waals surface area contributed by atoms with Crippen LogP contribution >= 0.6 is 0 Å². The number of rotatable bonds is 3. The molecule has 88 valence electrons. The molecule has 0 saturated carbocycles. The molecule has 1 rings (SSSR count). The molecule has 0 aliphatic rings. The van der Waals surface area contributed by atoms with Gasteiger partial charge in [0.25, 0.3) is 0 Å².